The van der Waals surface area contributed by atoms with Crippen LogP contribution in [0, 0.1) is 20.8 Å². The zero-order chi connectivity index (χ0) is 15.8. The van der Waals surface area contributed by atoms with Gasteiger partial charge in [-0.05, 0) is 44.5 Å². The molecule has 21 heavy (non-hydrogen) atoms. The van der Waals surface area contributed by atoms with Gasteiger partial charge in [-0.1, -0.05) is 0 Å². The van der Waals surface area contributed by atoms with Gasteiger partial charge in [-0.15, -0.1) is 0 Å². The molecule has 6 nitrogen and oxygen atoms in total. The molecule has 0 amide bonds. The molecule has 0 aliphatic heterocycles. The van der Waals surface area contributed by atoms with Gasteiger partial charge in [-0.3, -0.25) is 9.82 Å². The van der Waals surface area contributed by atoms with Crippen LogP contribution in [0.1, 0.15) is 17.0 Å². The van der Waals surface area contributed by atoms with Crippen molar-refractivity contribution in [3.05, 3.63) is 35.2 Å². The number of aromatic amines is 1. The average molecular weight is 308 g/mol. The van der Waals surface area contributed by atoms with E-state index < -0.39 is 10.0 Å². The van der Waals surface area contributed by atoms with E-state index in [1.807, 2.05) is 38.1 Å². The van der Waals surface area contributed by atoms with Crippen molar-refractivity contribution in [1.29, 1.82) is 0 Å². The zero-order valence-electron chi connectivity index (χ0n) is 12.9. The Morgan fingerprint density at radius 1 is 1.19 bits per heavy atom. The number of aromatic nitrogens is 2. The van der Waals surface area contributed by atoms with Gasteiger partial charge >= 0.3 is 0 Å². The van der Waals surface area contributed by atoms with Crippen molar-refractivity contribution >= 4 is 21.4 Å². The first-order chi connectivity index (χ1) is 9.72. The van der Waals surface area contributed by atoms with E-state index in [9.17, 15) is 8.42 Å². The van der Waals surface area contributed by atoms with Gasteiger partial charge in [0.25, 0.3) is 10.0 Å². The van der Waals surface area contributed by atoms with E-state index in [2.05, 4.69) is 14.9 Å². The predicted molar refractivity (Wildman–Crippen MR) is 84.4 cm³/mol. The first-order valence-corrected chi connectivity index (χ1v) is 8.03. The van der Waals surface area contributed by atoms with E-state index in [4.69, 9.17) is 0 Å². The van der Waals surface area contributed by atoms with Crippen LogP contribution in [-0.4, -0.2) is 32.7 Å². The van der Waals surface area contributed by atoms with Gasteiger partial charge in [0.1, 0.15) is 4.90 Å². The van der Waals surface area contributed by atoms with Gasteiger partial charge in [0.15, 0.2) is 0 Å². The molecule has 0 unspecified atom stereocenters. The monoisotopic (exact) mass is 308 g/mol. The van der Waals surface area contributed by atoms with Crippen LogP contribution in [0.15, 0.2) is 23.1 Å². The number of rotatable bonds is 4. The van der Waals surface area contributed by atoms with Crippen LogP contribution in [0.25, 0.3) is 0 Å². The van der Waals surface area contributed by atoms with Gasteiger partial charge in [0.2, 0.25) is 0 Å². The molecule has 0 saturated heterocycles. The molecule has 0 radical (unpaired) electrons. The quantitative estimate of drug-likeness (QED) is 0.907. The minimum Gasteiger partial charge on any atom is -0.378 e. The predicted octanol–water partition coefficient (Wildman–Crippen LogP) is 2.20. The summed E-state index contributed by atoms with van der Waals surface area (Å²) in [6.45, 7) is 5.23. The number of benzene rings is 1. The summed E-state index contributed by atoms with van der Waals surface area (Å²) in [6, 6.07) is 5.58. The Morgan fingerprint density at radius 3 is 2.33 bits per heavy atom. The summed E-state index contributed by atoms with van der Waals surface area (Å²) in [7, 11) is 0.238. The van der Waals surface area contributed by atoms with Gasteiger partial charge in [0, 0.05) is 19.8 Å². The molecule has 0 saturated carbocycles. The van der Waals surface area contributed by atoms with E-state index in [1.54, 1.807) is 19.9 Å². The lowest BCUT2D eigenvalue weighted by molar-refractivity contribution is 0.600. The first kappa shape index (κ1) is 15.4. The van der Waals surface area contributed by atoms with Crippen LogP contribution >= 0.6 is 0 Å². The lowest BCUT2D eigenvalue weighted by Crippen LogP contribution is -2.16. The van der Waals surface area contributed by atoms with E-state index in [1.165, 1.54) is 0 Å². The molecule has 1 aromatic heterocycles. The standard InChI is InChI=1S/C14H20N4O2S/c1-9-8-12(18(4)5)6-7-13(9)17-21(19,20)14-10(2)15-16-11(14)3/h6-8,17H,1-5H3,(H,15,16). The maximum Gasteiger partial charge on any atom is 0.265 e. The van der Waals surface area contributed by atoms with Crippen LogP contribution in [0.4, 0.5) is 11.4 Å². The number of nitrogens with zero attached hydrogens (tertiary/aromatic N) is 2. The molecule has 7 heteroatoms. The molecule has 1 heterocycles. The summed E-state index contributed by atoms with van der Waals surface area (Å²) in [4.78, 5) is 2.17. The summed E-state index contributed by atoms with van der Waals surface area (Å²) in [6.07, 6.45) is 0. The fraction of sp³-hybridized carbons (Fsp3) is 0.357. The van der Waals surface area contributed by atoms with Crippen LogP contribution < -0.4 is 9.62 Å². The van der Waals surface area contributed by atoms with E-state index in [-0.39, 0.29) is 4.90 Å². The molecule has 114 valence electrons. The van der Waals surface area contributed by atoms with Crippen molar-refractivity contribution < 1.29 is 8.42 Å². The van der Waals surface area contributed by atoms with Crippen molar-refractivity contribution in [3.63, 3.8) is 0 Å². The summed E-state index contributed by atoms with van der Waals surface area (Å²) in [5, 5.41) is 6.62. The van der Waals surface area contributed by atoms with Crippen LogP contribution in [0.3, 0.4) is 0 Å². The number of nitrogens with one attached hydrogen (secondary N) is 2. The van der Waals surface area contributed by atoms with Gasteiger partial charge in [-0.25, -0.2) is 8.42 Å². The van der Waals surface area contributed by atoms with Crippen molar-refractivity contribution in [2.45, 2.75) is 25.7 Å². The molecule has 0 spiro atoms. The number of hydrogen-bond donors (Lipinski definition) is 2. The Bertz CT molecular complexity index is 744. The maximum absolute atomic E-state index is 12.5. The minimum absolute atomic E-state index is 0.207. The largest absolute Gasteiger partial charge is 0.378 e. The lowest BCUT2D eigenvalue weighted by Gasteiger charge is -2.16. The second-order valence-corrected chi connectivity index (χ2v) is 6.88. The molecule has 2 rings (SSSR count). The molecule has 0 bridgehead atoms. The zero-order valence-corrected chi connectivity index (χ0v) is 13.7. The number of sulfonamides is 1. The topological polar surface area (TPSA) is 78.1 Å². The molecule has 2 aromatic rings. The second-order valence-electron chi connectivity index (χ2n) is 5.26. The number of H-pyrrole nitrogens is 1. The highest BCUT2D eigenvalue weighted by molar-refractivity contribution is 7.92. The third-order valence-corrected chi connectivity index (χ3v) is 4.93. The van der Waals surface area contributed by atoms with Crippen LogP contribution in [-0.2, 0) is 10.0 Å². The molecule has 1 aromatic carbocycles. The summed E-state index contributed by atoms with van der Waals surface area (Å²) >= 11 is 0. The summed E-state index contributed by atoms with van der Waals surface area (Å²) in [5.41, 5.74) is 3.44. The lowest BCUT2D eigenvalue weighted by atomic mass is 10.2. The van der Waals surface area contributed by atoms with Crippen LogP contribution in [0.5, 0.6) is 0 Å². The fourth-order valence-electron chi connectivity index (χ4n) is 2.17. The Labute approximate surface area is 125 Å². The van der Waals surface area contributed by atoms with E-state index >= 15 is 0 Å². The molecule has 0 fully saturated rings. The number of aryl methyl sites for hydroxylation is 3. The Balaban J connectivity index is 2.38. The van der Waals surface area contributed by atoms with Crippen molar-refractivity contribution in [3.8, 4) is 0 Å². The van der Waals surface area contributed by atoms with E-state index in [0.717, 1.165) is 11.3 Å². The number of hydrogen-bond acceptors (Lipinski definition) is 4. The Kier molecular flexibility index (Phi) is 3.95. The molecular formula is C14H20N4O2S. The summed E-state index contributed by atoms with van der Waals surface area (Å²) < 4.78 is 27.6. The highest BCUT2D eigenvalue weighted by atomic mass is 32.2. The molecular weight excluding hydrogens is 288 g/mol. The third-order valence-electron chi connectivity index (χ3n) is 3.30. The van der Waals surface area contributed by atoms with Gasteiger partial charge in [0.05, 0.1) is 17.1 Å². The minimum atomic E-state index is -3.64. The molecule has 0 atom stereocenters. The average Bonchev–Trinajstić information content (AvgIpc) is 2.71. The molecule has 2 N–H and O–H groups in total. The Morgan fingerprint density at radius 2 is 1.86 bits per heavy atom. The van der Waals surface area contributed by atoms with E-state index in [0.29, 0.717) is 17.1 Å². The Hall–Kier alpha value is -2.02. The molecule has 0 aliphatic carbocycles. The number of anilines is 2. The fourth-order valence-corrected chi connectivity index (χ4v) is 3.68. The smallest absolute Gasteiger partial charge is 0.265 e. The van der Waals surface area contributed by atoms with Crippen molar-refractivity contribution in [2.24, 2.45) is 0 Å². The second kappa shape index (κ2) is 5.40. The molecule has 0 aliphatic rings. The first-order valence-electron chi connectivity index (χ1n) is 6.54. The van der Waals surface area contributed by atoms with Gasteiger partial charge < -0.3 is 4.90 Å². The maximum atomic E-state index is 12.5. The van der Waals surface area contributed by atoms with Crippen molar-refractivity contribution in [1.82, 2.24) is 10.2 Å². The SMILES string of the molecule is Cc1cc(N(C)C)ccc1NS(=O)(=O)c1c(C)n[nH]c1C. The third kappa shape index (κ3) is 3.02. The summed E-state index contributed by atoms with van der Waals surface area (Å²) in [5.74, 6) is 0. The van der Waals surface area contributed by atoms with Gasteiger partial charge in [-0.2, -0.15) is 5.10 Å². The van der Waals surface area contributed by atoms with Crippen molar-refractivity contribution in [2.75, 3.05) is 23.7 Å². The normalized spacial score (nSPS) is 11.5. The highest BCUT2D eigenvalue weighted by Crippen LogP contribution is 2.25. The highest BCUT2D eigenvalue weighted by Gasteiger charge is 2.22. The van der Waals surface area contributed by atoms with Crippen LogP contribution in [0.2, 0.25) is 0 Å².